The van der Waals surface area contributed by atoms with Gasteiger partial charge in [-0.05, 0) is 0 Å². The topological polar surface area (TPSA) is 66.8 Å². The van der Waals surface area contributed by atoms with Crippen molar-refractivity contribution < 1.29 is 35.1 Å². The summed E-state index contributed by atoms with van der Waals surface area (Å²) in [5.74, 6) is 0. The largest absolute Gasteiger partial charge is 0 e. The van der Waals surface area contributed by atoms with Crippen LogP contribution in [0.4, 0.5) is 0 Å². The zero-order chi connectivity index (χ0) is 5.21. The molecule has 0 aliphatic carbocycles. The van der Waals surface area contributed by atoms with E-state index >= 15 is 0 Å². The van der Waals surface area contributed by atoms with E-state index in [9.17, 15) is 3.74 Å². The van der Waals surface area contributed by atoms with Crippen LogP contribution in [0, 0.1) is 0 Å². The average molecular weight is 221 g/mol. The SMILES string of the molecule is CO[As](=O)(O)O.[Zn]. The molecule has 7 heavy (non-hydrogen) atoms. The van der Waals surface area contributed by atoms with E-state index in [1.54, 1.807) is 0 Å². The summed E-state index contributed by atoms with van der Waals surface area (Å²) in [5, 5.41) is 0. The van der Waals surface area contributed by atoms with Crippen LogP contribution in [0.15, 0.2) is 0 Å². The summed E-state index contributed by atoms with van der Waals surface area (Å²) in [5.41, 5.74) is 0. The predicted molar refractivity (Wildman–Crippen MR) is 17.9 cm³/mol. The maximum atomic E-state index is 9.53. The third-order valence-electron chi connectivity index (χ3n) is 0.238. The van der Waals surface area contributed by atoms with Crippen LogP contribution in [0.25, 0.3) is 0 Å². The normalized spacial score (nSPS) is 10.1. The van der Waals surface area contributed by atoms with E-state index in [1.807, 2.05) is 0 Å². The summed E-state index contributed by atoms with van der Waals surface area (Å²) in [7, 11) is 0.972. The Bertz CT molecular complexity index is 75.8. The molecule has 0 radical (unpaired) electrons. The molecule has 0 aromatic carbocycles. The second kappa shape index (κ2) is 3.81. The molecule has 0 unspecified atom stereocenters. The fourth-order valence-corrected chi connectivity index (χ4v) is 0. The van der Waals surface area contributed by atoms with E-state index in [2.05, 4.69) is 3.73 Å². The third kappa shape index (κ3) is 10.9. The molecule has 0 spiro atoms. The van der Waals surface area contributed by atoms with Crippen molar-refractivity contribution in [3.8, 4) is 0 Å². The van der Waals surface area contributed by atoms with Gasteiger partial charge in [0.15, 0.2) is 0 Å². The molecule has 0 saturated heterocycles. The molecule has 0 aliphatic rings. The zero-order valence-electron chi connectivity index (χ0n) is 3.87. The van der Waals surface area contributed by atoms with Crippen LogP contribution in [-0.4, -0.2) is 29.8 Å². The van der Waals surface area contributed by atoms with Crippen LogP contribution >= 0.6 is 0 Å². The minimum absolute atomic E-state index is 0. The molecule has 6 heteroatoms. The Hall–Kier alpha value is 0.862. The van der Waals surface area contributed by atoms with Gasteiger partial charge in [0, 0.05) is 19.5 Å². The minimum atomic E-state index is -4.66. The molecule has 0 aliphatic heterocycles. The quantitative estimate of drug-likeness (QED) is 0.528. The predicted octanol–water partition coefficient (Wildman–Crippen LogP) is -1.52. The molecule has 0 saturated carbocycles. The van der Waals surface area contributed by atoms with E-state index in [0.29, 0.717) is 0 Å². The Morgan fingerprint density at radius 1 is 1.57 bits per heavy atom. The first-order chi connectivity index (χ1) is 2.56. The smallest absolute Gasteiger partial charge is 0 e. The van der Waals surface area contributed by atoms with Crippen molar-refractivity contribution in [3.63, 3.8) is 0 Å². The van der Waals surface area contributed by atoms with Crippen LogP contribution in [-0.2, 0) is 26.9 Å². The second-order valence-electron chi connectivity index (χ2n) is 0.673. The van der Waals surface area contributed by atoms with Crippen LogP contribution in [0.3, 0.4) is 0 Å². The summed E-state index contributed by atoms with van der Waals surface area (Å²) in [6, 6.07) is 0. The van der Waals surface area contributed by atoms with E-state index in [-0.39, 0.29) is 19.5 Å². The Morgan fingerprint density at radius 2 is 1.71 bits per heavy atom. The van der Waals surface area contributed by atoms with Crippen molar-refractivity contribution in [1.82, 2.24) is 0 Å². The van der Waals surface area contributed by atoms with Gasteiger partial charge in [0.1, 0.15) is 0 Å². The molecule has 40 valence electrons. The van der Waals surface area contributed by atoms with Crippen LogP contribution in [0.2, 0.25) is 0 Å². The molecule has 0 heterocycles. The molecule has 4 nitrogen and oxygen atoms in total. The van der Waals surface area contributed by atoms with E-state index < -0.39 is 14.5 Å². The molecule has 2 N–H and O–H groups in total. The molecular weight excluding hydrogens is 216 g/mol. The summed E-state index contributed by atoms with van der Waals surface area (Å²) < 4.78 is 28.8. The Morgan fingerprint density at radius 3 is 1.71 bits per heavy atom. The van der Waals surface area contributed by atoms with E-state index in [1.165, 1.54) is 0 Å². The van der Waals surface area contributed by atoms with Crippen molar-refractivity contribution in [3.05, 3.63) is 0 Å². The molecule has 0 amide bonds. The third-order valence-corrected chi connectivity index (χ3v) is 1.24. The van der Waals surface area contributed by atoms with Gasteiger partial charge in [0.2, 0.25) is 0 Å². The number of hydrogen-bond donors (Lipinski definition) is 2. The maximum absolute atomic E-state index is 9.53. The van der Waals surface area contributed by atoms with Gasteiger partial charge >= 0.3 is 37.3 Å². The fraction of sp³-hybridized carbons (Fsp3) is 1.00. The van der Waals surface area contributed by atoms with Crippen molar-refractivity contribution in [2.45, 2.75) is 0 Å². The van der Waals surface area contributed by atoms with Gasteiger partial charge in [-0.25, -0.2) is 0 Å². The van der Waals surface area contributed by atoms with E-state index in [0.717, 1.165) is 7.11 Å². The molecule has 0 fully saturated rings. The van der Waals surface area contributed by atoms with Gasteiger partial charge < -0.3 is 0 Å². The minimum Gasteiger partial charge on any atom is 0 e. The van der Waals surface area contributed by atoms with Crippen molar-refractivity contribution in [2.24, 2.45) is 0 Å². The Balaban J connectivity index is 0. The van der Waals surface area contributed by atoms with Crippen molar-refractivity contribution >= 4 is 14.5 Å². The first-order valence-electron chi connectivity index (χ1n) is 1.17. The van der Waals surface area contributed by atoms with E-state index in [4.69, 9.17) is 8.19 Å². The maximum Gasteiger partial charge on any atom is 0 e. The Kier molecular flexibility index (Phi) is 5.87. The molecule has 0 aromatic heterocycles. The zero-order valence-corrected chi connectivity index (χ0v) is 8.71. The molecule has 0 atom stereocenters. The molecule has 0 aromatic rings. The van der Waals surface area contributed by atoms with Gasteiger partial charge in [-0.2, -0.15) is 0 Å². The summed E-state index contributed by atoms with van der Waals surface area (Å²) in [6.07, 6.45) is 0. The second-order valence-corrected chi connectivity index (χ2v) is 3.50. The van der Waals surface area contributed by atoms with Crippen LogP contribution in [0.1, 0.15) is 0 Å². The standard InChI is InChI=1S/CH5AsO4.Zn/c1-6-2(3,4)5;/h1H3,(H2,3,4,5);. The van der Waals surface area contributed by atoms with Crippen LogP contribution in [0.5, 0.6) is 0 Å². The summed E-state index contributed by atoms with van der Waals surface area (Å²) in [4.78, 5) is 0. The van der Waals surface area contributed by atoms with Gasteiger partial charge in [0.05, 0.1) is 0 Å². The van der Waals surface area contributed by atoms with Crippen molar-refractivity contribution in [1.29, 1.82) is 0 Å². The molecule has 0 rings (SSSR count). The average Bonchev–Trinajstić information content (AvgIpc) is 1.35. The van der Waals surface area contributed by atoms with Crippen LogP contribution < -0.4 is 0 Å². The van der Waals surface area contributed by atoms with Gasteiger partial charge in [-0.1, -0.05) is 0 Å². The first kappa shape index (κ1) is 10.8. The summed E-state index contributed by atoms with van der Waals surface area (Å²) in [6.45, 7) is 0. The number of hydrogen-bond acceptors (Lipinski definition) is 2. The van der Waals surface area contributed by atoms with Gasteiger partial charge in [-0.15, -0.1) is 0 Å². The summed E-state index contributed by atoms with van der Waals surface area (Å²) >= 11 is -4.66. The van der Waals surface area contributed by atoms with Crippen molar-refractivity contribution in [2.75, 3.05) is 7.11 Å². The first-order valence-corrected chi connectivity index (χ1v) is 4.38. The molecule has 0 bridgehead atoms. The molecular formula is CH5AsO4Zn. The Labute approximate surface area is 57.0 Å². The monoisotopic (exact) mass is 220 g/mol. The number of rotatable bonds is 1. The van der Waals surface area contributed by atoms with Gasteiger partial charge in [-0.3, -0.25) is 0 Å². The van der Waals surface area contributed by atoms with Gasteiger partial charge in [0.25, 0.3) is 0 Å². The fourth-order valence-electron chi connectivity index (χ4n) is 0.